The average molecular weight is 491 g/mol. The van der Waals surface area contributed by atoms with Gasteiger partial charge in [0.05, 0.1) is 11.9 Å². The summed E-state index contributed by atoms with van der Waals surface area (Å²) in [6.45, 7) is 8.45. The highest BCUT2D eigenvalue weighted by atomic mass is 19.1. The lowest BCUT2D eigenvalue weighted by atomic mass is 10.1. The summed E-state index contributed by atoms with van der Waals surface area (Å²) >= 11 is 0. The highest BCUT2D eigenvalue weighted by molar-refractivity contribution is 6.06. The van der Waals surface area contributed by atoms with Crippen LogP contribution in [-0.2, 0) is 6.54 Å². The van der Waals surface area contributed by atoms with E-state index in [1.807, 2.05) is 6.92 Å². The van der Waals surface area contributed by atoms with Crippen molar-refractivity contribution in [3.8, 4) is 0 Å². The number of carbonyl (C=O) groups is 2. The molecule has 0 spiro atoms. The molecule has 3 heterocycles. The molecule has 0 aliphatic carbocycles. The van der Waals surface area contributed by atoms with Crippen LogP contribution in [0.5, 0.6) is 0 Å². The summed E-state index contributed by atoms with van der Waals surface area (Å²) in [7, 11) is 0. The molecule has 1 aliphatic heterocycles. The Morgan fingerprint density at radius 1 is 0.944 bits per heavy atom. The molecule has 4 rings (SSSR count). The summed E-state index contributed by atoms with van der Waals surface area (Å²) in [5.74, 6) is -0.901. The summed E-state index contributed by atoms with van der Waals surface area (Å²) in [6, 6.07) is 7.97. The van der Waals surface area contributed by atoms with Crippen LogP contribution in [0, 0.1) is 12.7 Å². The Labute approximate surface area is 210 Å². The van der Waals surface area contributed by atoms with E-state index in [0.717, 1.165) is 13.0 Å². The van der Waals surface area contributed by atoms with Gasteiger partial charge in [-0.15, -0.1) is 0 Å². The summed E-state index contributed by atoms with van der Waals surface area (Å²) in [4.78, 5) is 45.2. The topological polar surface area (TPSA) is 82.5 Å². The van der Waals surface area contributed by atoms with Crippen LogP contribution in [0.25, 0.3) is 0 Å². The highest BCUT2D eigenvalue weighted by Gasteiger charge is 2.26. The molecule has 9 heteroatoms. The molecular weight excluding hydrogens is 459 g/mol. The average Bonchev–Trinajstić information content (AvgIpc) is 2.91. The second kappa shape index (κ2) is 11.3. The summed E-state index contributed by atoms with van der Waals surface area (Å²) in [6.07, 6.45) is 6.91. The van der Waals surface area contributed by atoms with Crippen LogP contribution in [-0.4, -0.2) is 68.8 Å². The fraction of sp³-hybridized carbons (Fsp3) is 0.370. The van der Waals surface area contributed by atoms with Crippen molar-refractivity contribution in [3.63, 3.8) is 0 Å². The third-order valence-electron chi connectivity index (χ3n) is 6.37. The minimum Gasteiger partial charge on any atom is -0.332 e. The SMILES string of the molecule is Cc1cnc(C(=O)N2CCN(C(C)C)CCCN(C(=O)c3ccncc3)c3ccc(F)cc3C2)cn1. The van der Waals surface area contributed by atoms with E-state index < -0.39 is 5.82 Å². The molecule has 2 aromatic heterocycles. The van der Waals surface area contributed by atoms with Gasteiger partial charge in [0.2, 0.25) is 0 Å². The fourth-order valence-electron chi connectivity index (χ4n) is 4.36. The summed E-state index contributed by atoms with van der Waals surface area (Å²) < 4.78 is 14.5. The molecule has 1 aromatic carbocycles. The molecule has 0 fully saturated rings. The summed E-state index contributed by atoms with van der Waals surface area (Å²) in [5, 5.41) is 0. The van der Waals surface area contributed by atoms with Gasteiger partial charge in [0, 0.05) is 68.6 Å². The van der Waals surface area contributed by atoms with Gasteiger partial charge in [-0.1, -0.05) is 0 Å². The number of aryl methyl sites for hydroxylation is 1. The molecule has 0 atom stereocenters. The third kappa shape index (κ3) is 5.91. The lowest BCUT2D eigenvalue weighted by molar-refractivity contribution is 0.0705. The molecule has 3 aromatic rings. The first-order chi connectivity index (χ1) is 17.3. The number of benzene rings is 1. The first kappa shape index (κ1) is 25.4. The predicted molar refractivity (Wildman–Crippen MR) is 135 cm³/mol. The predicted octanol–water partition coefficient (Wildman–Crippen LogP) is 3.72. The second-order valence-electron chi connectivity index (χ2n) is 9.22. The maximum atomic E-state index is 14.5. The Kier molecular flexibility index (Phi) is 8.00. The molecule has 2 amide bonds. The standard InChI is InChI=1S/C27H31FN6O2/c1-19(2)32-11-4-12-34(26(35)21-7-9-29-10-8-21)25-6-5-23(28)15-22(25)18-33(14-13-32)27(36)24-17-30-20(3)16-31-24/h5-10,15-17,19H,4,11-14,18H2,1-3H3. The molecule has 36 heavy (non-hydrogen) atoms. The lowest BCUT2D eigenvalue weighted by Gasteiger charge is -2.30. The van der Waals surface area contributed by atoms with Crippen molar-refractivity contribution in [2.75, 3.05) is 31.1 Å². The number of carbonyl (C=O) groups excluding carboxylic acids is 2. The van der Waals surface area contributed by atoms with E-state index in [9.17, 15) is 14.0 Å². The van der Waals surface area contributed by atoms with Gasteiger partial charge >= 0.3 is 0 Å². The summed E-state index contributed by atoms with van der Waals surface area (Å²) in [5.41, 5.74) is 2.59. The molecule has 188 valence electrons. The Bertz CT molecular complexity index is 1200. The van der Waals surface area contributed by atoms with E-state index in [-0.39, 0.29) is 30.1 Å². The van der Waals surface area contributed by atoms with Gasteiger partial charge < -0.3 is 9.80 Å². The van der Waals surface area contributed by atoms with Crippen LogP contribution in [0.15, 0.2) is 55.1 Å². The maximum absolute atomic E-state index is 14.5. The largest absolute Gasteiger partial charge is 0.332 e. The Morgan fingerprint density at radius 2 is 1.72 bits per heavy atom. The lowest BCUT2D eigenvalue weighted by Crippen LogP contribution is -2.41. The van der Waals surface area contributed by atoms with Crippen molar-refractivity contribution in [3.05, 3.63) is 83.5 Å². The van der Waals surface area contributed by atoms with Gasteiger partial charge in [-0.05, 0) is 63.1 Å². The number of hydrogen-bond acceptors (Lipinski definition) is 6. The number of rotatable bonds is 3. The Balaban J connectivity index is 1.76. The van der Waals surface area contributed by atoms with E-state index in [2.05, 4.69) is 33.7 Å². The zero-order valence-corrected chi connectivity index (χ0v) is 20.9. The number of amides is 2. The van der Waals surface area contributed by atoms with E-state index in [1.165, 1.54) is 18.3 Å². The van der Waals surface area contributed by atoms with Crippen molar-refractivity contribution in [1.29, 1.82) is 0 Å². The van der Waals surface area contributed by atoms with E-state index in [4.69, 9.17) is 0 Å². The molecule has 1 aliphatic rings. The van der Waals surface area contributed by atoms with Gasteiger partial charge in [-0.2, -0.15) is 0 Å². The molecule has 0 saturated heterocycles. The highest BCUT2D eigenvalue weighted by Crippen LogP contribution is 2.27. The number of anilines is 1. The monoisotopic (exact) mass is 490 g/mol. The number of pyridine rings is 1. The first-order valence-corrected chi connectivity index (χ1v) is 12.2. The van der Waals surface area contributed by atoms with Gasteiger partial charge in [0.25, 0.3) is 11.8 Å². The number of aromatic nitrogens is 3. The number of nitrogens with zero attached hydrogens (tertiary/aromatic N) is 6. The molecule has 8 nitrogen and oxygen atoms in total. The minimum absolute atomic E-state index is 0.132. The van der Waals surface area contributed by atoms with Crippen LogP contribution in [0.4, 0.5) is 10.1 Å². The van der Waals surface area contributed by atoms with Gasteiger partial charge in [0.1, 0.15) is 11.5 Å². The van der Waals surface area contributed by atoms with Gasteiger partial charge in [-0.3, -0.25) is 24.5 Å². The zero-order chi connectivity index (χ0) is 25.7. The molecular formula is C27H31FN6O2. The van der Waals surface area contributed by atoms with Crippen LogP contribution < -0.4 is 4.90 Å². The van der Waals surface area contributed by atoms with Crippen molar-refractivity contribution < 1.29 is 14.0 Å². The molecule has 0 N–H and O–H groups in total. The maximum Gasteiger partial charge on any atom is 0.274 e. The number of hydrogen-bond donors (Lipinski definition) is 0. The number of fused-ring (bicyclic) bond motifs is 1. The minimum atomic E-state index is -0.425. The second-order valence-corrected chi connectivity index (χ2v) is 9.22. The quantitative estimate of drug-likeness (QED) is 0.557. The normalized spacial score (nSPS) is 15.4. The van der Waals surface area contributed by atoms with Gasteiger partial charge in [0.15, 0.2) is 0 Å². The molecule has 0 bridgehead atoms. The van der Waals surface area contributed by atoms with Gasteiger partial charge in [-0.25, -0.2) is 9.37 Å². The molecule has 0 radical (unpaired) electrons. The molecule has 0 unspecified atom stereocenters. The zero-order valence-electron chi connectivity index (χ0n) is 20.9. The first-order valence-electron chi connectivity index (χ1n) is 12.2. The van der Waals surface area contributed by atoms with E-state index in [0.29, 0.717) is 42.1 Å². The fourth-order valence-corrected chi connectivity index (χ4v) is 4.36. The third-order valence-corrected chi connectivity index (χ3v) is 6.37. The van der Waals surface area contributed by atoms with Crippen molar-refractivity contribution in [2.24, 2.45) is 0 Å². The van der Waals surface area contributed by atoms with E-state index in [1.54, 1.807) is 46.6 Å². The smallest absolute Gasteiger partial charge is 0.274 e. The van der Waals surface area contributed by atoms with Crippen molar-refractivity contribution in [1.82, 2.24) is 24.8 Å². The van der Waals surface area contributed by atoms with Crippen LogP contribution in [0.2, 0.25) is 0 Å². The van der Waals surface area contributed by atoms with Crippen LogP contribution in [0.1, 0.15) is 52.4 Å². The van der Waals surface area contributed by atoms with Crippen molar-refractivity contribution in [2.45, 2.75) is 39.8 Å². The number of halogens is 1. The van der Waals surface area contributed by atoms with E-state index >= 15 is 0 Å². The van der Waals surface area contributed by atoms with Crippen LogP contribution >= 0.6 is 0 Å². The Hall–Kier alpha value is -3.72. The Morgan fingerprint density at radius 3 is 2.42 bits per heavy atom. The van der Waals surface area contributed by atoms with Crippen molar-refractivity contribution >= 4 is 17.5 Å². The van der Waals surface area contributed by atoms with Crippen LogP contribution in [0.3, 0.4) is 0 Å². The molecule has 0 saturated carbocycles.